The van der Waals surface area contributed by atoms with Gasteiger partial charge in [0.25, 0.3) is 0 Å². The smallest absolute Gasteiger partial charge is 0.00825 e. The number of rotatable bonds is 9. The van der Waals surface area contributed by atoms with Crippen LogP contribution < -0.4 is 0 Å². The Bertz CT molecular complexity index is 108. The summed E-state index contributed by atoms with van der Waals surface area (Å²) in [4.78, 5) is 0. The summed E-state index contributed by atoms with van der Waals surface area (Å²) >= 11 is 4.12. The first-order valence-corrected chi connectivity index (χ1v) is 6.31. The van der Waals surface area contributed by atoms with Crippen molar-refractivity contribution in [3.05, 3.63) is 12.2 Å². The summed E-state index contributed by atoms with van der Waals surface area (Å²) in [5.74, 6) is 0.885. The molecule has 0 N–H and O–H groups in total. The summed E-state index contributed by atoms with van der Waals surface area (Å²) in [6.45, 7) is 2.27. The van der Waals surface area contributed by atoms with Gasteiger partial charge in [-0.2, -0.15) is 12.6 Å². The van der Waals surface area contributed by atoms with Crippen LogP contribution in [0.25, 0.3) is 0 Å². The highest BCUT2D eigenvalue weighted by atomic mass is 32.1. The van der Waals surface area contributed by atoms with Crippen LogP contribution in [0.5, 0.6) is 0 Å². The lowest BCUT2D eigenvalue weighted by atomic mass is 10.1. The van der Waals surface area contributed by atoms with Gasteiger partial charge in [0.05, 0.1) is 0 Å². The molecule has 0 aromatic rings. The monoisotopic (exact) mass is 200 g/mol. The summed E-state index contributed by atoms with van der Waals surface area (Å²) in [7, 11) is 0. The topological polar surface area (TPSA) is 0 Å². The first kappa shape index (κ1) is 13.1. The average Bonchev–Trinajstić information content (AvgIpc) is 2.16. The van der Waals surface area contributed by atoms with Crippen LogP contribution >= 0.6 is 12.6 Å². The Morgan fingerprint density at radius 2 is 1.46 bits per heavy atom. The Balaban J connectivity index is 2.87. The van der Waals surface area contributed by atoms with E-state index in [2.05, 4.69) is 31.7 Å². The summed E-state index contributed by atoms with van der Waals surface area (Å²) in [5.41, 5.74) is 0. The molecule has 0 amide bonds. The van der Waals surface area contributed by atoms with Crippen molar-refractivity contribution < 1.29 is 0 Å². The second-order valence-corrected chi connectivity index (χ2v) is 3.93. The third kappa shape index (κ3) is 12.1. The fourth-order valence-electron chi connectivity index (χ4n) is 1.41. The van der Waals surface area contributed by atoms with Gasteiger partial charge >= 0.3 is 0 Å². The van der Waals surface area contributed by atoms with E-state index >= 15 is 0 Å². The molecular weight excluding hydrogens is 176 g/mol. The van der Waals surface area contributed by atoms with Crippen molar-refractivity contribution in [3.63, 3.8) is 0 Å². The van der Waals surface area contributed by atoms with E-state index in [4.69, 9.17) is 0 Å². The number of allylic oxidation sites excluding steroid dienone is 1. The van der Waals surface area contributed by atoms with E-state index < -0.39 is 0 Å². The molecule has 0 atom stereocenters. The molecule has 13 heavy (non-hydrogen) atoms. The SMILES string of the molecule is CCCCCCCCCC=CCS. The van der Waals surface area contributed by atoms with Gasteiger partial charge in [0.15, 0.2) is 0 Å². The molecule has 0 unspecified atom stereocenters. The lowest BCUT2D eigenvalue weighted by Crippen LogP contribution is -1.78. The van der Waals surface area contributed by atoms with E-state index in [1.165, 1.54) is 51.4 Å². The largest absolute Gasteiger partial charge is 0.175 e. The van der Waals surface area contributed by atoms with E-state index in [0.29, 0.717) is 0 Å². The molecule has 0 spiro atoms. The van der Waals surface area contributed by atoms with E-state index in [1.807, 2.05) is 0 Å². The minimum absolute atomic E-state index is 0.885. The van der Waals surface area contributed by atoms with Crippen LogP contribution in [0.15, 0.2) is 12.2 Å². The van der Waals surface area contributed by atoms with Crippen molar-refractivity contribution in [2.45, 2.75) is 58.3 Å². The van der Waals surface area contributed by atoms with Crippen LogP contribution in [0.4, 0.5) is 0 Å². The van der Waals surface area contributed by atoms with Gasteiger partial charge in [-0.1, -0.05) is 57.6 Å². The van der Waals surface area contributed by atoms with Crippen molar-refractivity contribution in [2.24, 2.45) is 0 Å². The van der Waals surface area contributed by atoms with Crippen LogP contribution in [-0.2, 0) is 0 Å². The molecule has 0 bridgehead atoms. The molecule has 78 valence electrons. The maximum atomic E-state index is 4.12. The fraction of sp³-hybridized carbons (Fsp3) is 0.833. The van der Waals surface area contributed by atoms with Gasteiger partial charge in [0.2, 0.25) is 0 Å². The summed E-state index contributed by atoms with van der Waals surface area (Å²) in [5, 5.41) is 0. The predicted molar refractivity (Wildman–Crippen MR) is 65.6 cm³/mol. The Morgan fingerprint density at radius 3 is 2.08 bits per heavy atom. The van der Waals surface area contributed by atoms with Gasteiger partial charge in [0.1, 0.15) is 0 Å². The molecule has 0 saturated carbocycles. The zero-order valence-corrected chi connectivity index (χ0v) is 9.86. The first-order chi connectivity index (χ1) is 6.41. The highest BCUT2D eigenvalue weighted by Gasteiger charge is 1.88. The van der Waals surface area contributed by atoms with Crippen LogP contribution in [0.1, 0.15) is 58.3 Å². The lowest BCUT2D eigenvalue weighted by molar-refractivity contribution is 0.592. The zero-order chi connectivity index (χ0) is 9.78. The van der Waals surface area contributed by atoms with Crippen molar-refractivity contribution in [2.75, 3.05) is 5.75 Å². The number of unbranched alkanes of at least 4 members (excludes halogenated alkanes) is 7. The molecule has 0 rings (SSSR count). The first-order valence-electron chi connectivity index (χ1n) is 5.67. The molecule has 0 saturated heterocycles. The van der Waals surface area contributed by atoms with Gasteiger partial charge in [-0.3, -0.25) is 0 Å². The standard InChI is InChI=1S/C12H24S/c1-2-3-4-5-6-7-8-9-10-11-12-13/h10-11,13H,2-9,12H2,1H3. The van der Waals surface area contributed by atoms with E-state index in [9.17, 15) is 0 Å². The Morgan fingerprint density at radius 1 is 0.846 bits per heavy atom. The second kappa shape index (κ2) is 12.1. The van der Waals surface area contributed by atoms with Crippen LogP contribution in [0.2, 0.25) is 0 Å². The third-order valence-corrected chi connectivity index (χ3v) is 2.46. The van der Waals surface area contributed by atoms with Gasteiger partial charge in [-0.05, 0) is 12.8 Å². The van der Waals surface area contributed by atoms with Crippen molar-refractivity contribution in [1.29, 1.82) is 0 Å². The van der Waals surface area contributed by atoms with Crippen LogP contribution in [0.3, 0.4) is 0 Å². The molecule has 0 fully saturated rings. The van der Waals surface area contributed by atoms with Crippen LogP contribution in [0, 0.1) is 0 Å². The predicted octanol–water partition coefficient (Wildman–Crippen LogP) is 4.61. The summed E-state index contributed by atoms with van der Waals surface area (Å²) < 4.78 is 0. The van der Waals surface area contributed by atoms with Gasteiger partial charge in [-0.25, -0.2) is 0 Å². The average molecular weight is 200 g/mol. The molecule has 1 heteroatoms. The van der Waals surface area contributed by atoms with E-state index in [1.54, 1.807) is 0 Å². The highest BCUT2D eigenvalue weighted by Crippen LogP contribution is 2.08. The Kier molecular flexibility index (Phi) is 12.2. The van der Waals surface area contributed by atoms with Gasteiger partial charge < -0.3 is 0 Å². The molecule has 0 heterocycles. The molecular formula is C12H24S. The normalized spacial score (nSPS) is 11.2. The number of thiol groups is 1. The van der Waals surface area contributed by atoms with Gasteiger partial charge in [0, 0.05) is 5.75 Å². The molecule has 0 nitrogen and oxygen atoms in total. The minimum atomic E-state index is 0.885. The number of hydrogen-bond acceptors (Lipinski definition) is 1. The maximum Gasteiger partial charge on any atom is 0.00825 e. The maximum absolute atomic E-state index is 4.12. The van der Waals surface area contributed by atoms with Crippen molar-refractivity contribution >= 4 is 12.6 Å². The molecule has 0 radical (unpaired) electrons. The number of hydrogen-bond donors (Lipinski definition) is 1. The lowest BCUT2D eigenvalue weighted by Gasteiger charge is -1.98. The highest BCUT2D eigenvalue weighted by molar-refractivity contribution is 7.80. The summed E-state index contributed by atoms with van der Waals surface area (Å²) in [6.07, 6.45) is 15.5. The molecule has 0 aromatic carbocycles. The molecule has 0 aliphatic carbocycles. The second-order valence-electron chi connectivity index (χ2n) is 3.56. The van der Waals surface area contributed by atoms with Gasteiger partial charge in [-0.15, -0.1) is 0 Å². The zero-order valence-electron chi connectivity index (χ0n) is 8.97. The summed E-state index contributed by atoms with van der Waals surface area (Å²) in [6, 6.07) is 0. The fourth-order valence-corrected chi connectivity index (χ4v) is 1.56. The van der Waals surface area contributed by atoms with E-state index in [-0.39, 0.29) is 0 Å². The molecule has 0 aliphatic rings. The Labute approximate surface area is 89.2 Å². The quantitative estimate of drug-likeness (QED) is 0.313. The minimum Gasteiger partial charge on any atom is -0.175 e. The van der Waals surface area contributed by atoms with Crippen LogP contribution in [-0.4, -0.2) is 5.75 Å². The molecule has 0 aromatic heterocycles. The Hall–Kier alpha value is 0.0900. The van der Waals surface area contributed by atoms with Crippen molar-refractivity contribution in [3.8, 4) is 0 Å². The van der Waals surface area contributed by atoms with E-state index in [0.717, 1.165) is 5.75 Å². The van der Waals surface area contributed by atoms with Crippen molar-refractivity contribution in [1.82, 2.24) is 0 Å². The molecule has 0 aliphatic heterocycles. The third-order valence-electron chi connectivity index (χ3n) is 2.25.